The number of amides is 1. The molecule has 1 aliphatic rings. The van der Waals surface area contributed by atoms with E-state index in [-0.39, 0.29) is 24.3 Å². The molecule has 1 amide bonds. The number of aromatic nitrogens is 2. The van der Waals surface area contributed by atoms with E-state index >= 15 is 0 Å². The number of aliphatic hydroxyl groups is 1. The minimum Gasteiger partial charge on any atom is -0.391 e. The maximum atomic E-state index is 13.1. The maximum absolute atomic E-state index is 13.1. The fourth-order valence-electron chi connectivity index (χ4n) is 3.27. The first-order chi connectivity index (χ1) is 10.9. The minimum absolute atomic E-state index is 0.140. The van der Waals surface area contributed by atoms with E-state index in [4.69, 9.17) is 0 Å². The Morgan fingerprint density at radius 3 is 2.52 bits per heavy atom. The van der Waals surface area contributed by atoms with Crippen LogP contribution in [-0.4, -0.2) is 38.3 Å². The summed E-state index contributed by atoms with van der Waals surface area (Å²) in [5.41, 5.74) is 2.88. The van der Waals surface area contributed by atoms with E-state index in [0.717, 1.165) is 11.3 Å². The van der Waals surface area contributed by atoms with Crippen molar-refractivity contribution < 1.29 is 14.3 Å². The van der Waals surface area contributed by atoms with Gasteiger partial charge < -0.3 is 10.0 Å². The van der Waals surface area contributed by atoms with Gasteiger partial charge in [-0.25, -0.2) is 4.39 Å². The Morgan fingerprint density at radius 1 is 1.30 bits per heavy atom. The van der Waals surface area contributed by atoms with E-state index in [2.05, 4.69) is 5.10 Å². The monoisotopic (exact) mass is 317 g/mol. The lowest BCUT2D eigenvalue weighted by atomic mass is 10.0. The molecule has 1 N–H and O–H groups in total. The second-order valence-corrected chi connectivity index (χ2v) is 6.08. The number of carbonyl (C=O) groups excluding carboxylic acids is 1. The Bertz CT molecular complexity index is 739. The van der Waals surface area contributed by atoms with Gasteiger partial charge in [0.05, 0.1) is 23.4 Å². The molecule has 0 aliphatic carbocycles. The third kappa shape index (κ3) is 2.74. The summed E-state index contributed by atoms with van der Waals surface area (Å²) in [7, 11) is 1.80. The molecule has 6 heteroatoms. The molecule has 0 unspecified atom stereocenters. The number of aryl methyl sites for hydroxylation is 2. The van der Waals surface area contributed by atoms with Crippen molar-refractivity contribution >= 4 is 5.91 Å². The van der Waals surface area contributed by atoms with Gasteiger partial charge in [0.25, 0.3) is 5.91 Å². The Morgan fingerprint density at radius 2 is 1.96 bits per heavy atom. The summed E-state index contributed by atoms with van der Waals surface area (Å²) in [5, 5.41) is 14.3. The lowest BCUT2D eigenvalue weighted by Crippen LogP contribution is -2.32. The summed E-state index contributed by atoms with van der Waals surface area (Å²) < 4.78 is 14.8. The zero-order valence-electron chi connectivity index (χ0n) is 13.5. The van der Waals surface area contributed by atoms with Crippen LogP contribution in [0.2, 0.25) is 0 Å². The highest BCUT2D eigenvalue weighted by Gasteiger charge is 2.37. The van der Waals surface area contributed by atoms with Crippen molar-refractivity contribution in [1.82, 2.24) is 14.7 Å². The molecule has 1 saturated heterocycles. The lowest BCUT2D eigenvalue weighted by Gasteiger charge is -2.25. The third-order valence-corrected chi connectivity index (χ3v) is 4.52. The Kier molecular flexibility index (Phi) is 3.93. The molecule has 23 heavy (non-hydrogen) atoms. The molecule has 122 valence electrons. The average Bonchev–Trinajstić information content (AvgIpc) is 3.00. The van der Waals surface area contributed by atoms with Crippen LogP contribution in [0.25, 0.3) is 0 Å². The van der Waals surface area contributed by atoms with Crippen molar-refractivity contribution in [3.63, 3.8) is 0 Å². The number of likely N-dealkylation sites (tertiary alicyclic amines) is 1. The van der Waals surface area contributed by atoms with Crippen LogP contribution in [0.5, 0.6) is 0 Å². The summed E-state index contributed by atoms with van der Waals surface area (Å²) >= 11 is 0. The van der Waals surface area contributed by atoms with Gasteiger partial charge in [0.15, 0.2) is 0 Å². The standard InChI is InChI=1S/C17H20FN3O2/c1-10-16(11(2)20(3)19-10)17(23)21-9-14(22)8-15(21)12-4-6-13(18)7-5-12/h4-7,14-15,22H,8-9H2,1-3H3/t14-,15-/m0/s1. The predicted molar refractivity (Wildman–Crippen MR) is 83.5 cm³/mol. The molecule has 2 heterocycles. The first kappa shape index (κ1) is 15.7. The quantitative estimate of drug-likeness (QED) is 0.923. The van der Waals surface area contributed by atoms with E-state index in [9.17, 15) is 14.3 Å². The van der Waals surface area contributed by atoms with E-state index in [1.165, 1.54) is 12.1 Å². The molecule has 1 aliphatic heterocycles. The number of benzene rings is 1. The molecule has 1 aromatic carbocycles. The minimum atomic E-state index is -0.578. The number of carbonyl (C=O) groups is 1. The number of hydrogen-bond acceptors (Lipinski definition) is 3. The van der Waals surface area contributed by atoms with E-state index in [1.54, 1.807) is 35.7 Å². The summed E-state index contributed by atoms with van der Waals surface area (Å²) in [5.74, 6) is -0.455. The molecule has 0 bridgehead atoms. The Labute approximate surface area is 134 Å². The van der Waals surface area contributed by atoms with Crippen molar-refractivity contribution in [3.05, 3.63) is 52.6 Å². The summed E-state index contributed by atoms with van der Waals surface area (Å²) in [4.78, 5) is 14.6. The first-order valence-electron chi connectivity index (χ1n) is 7.63. The van der Waals surface area contributed by atoms with Crippen molar-refractivity contribution in [2.45, 2.75) is 32.4 Å². The fraction of sp³-hybridized carbons (Fsp3) is 0.412. The van der Waals surface area contributed by atoms with E-state index < -0.39 is 6.10 Å². The largest absolute Gasteiger partial charge is 0.391 e. The van der Waals surface area contributed by atoms with Gasteiger partial charge >= 0.3 is 0 Å². The van der Waals surface area contributed by atoms with Crippen LogP contribution in [0.1, 0.15) is 39.8 Å². The van der Waals surface area contributed by atoms with Gasteiger partial charge in [0.1, 0.15) is 5.82 Å². The zero-order chi connectivity index (χ0) is 16.7. The van der Waals surface area contributed by atoms with Gasteiger partial charge in [-0.2, -0.15) is 5.10 Å². The Hall–Kier alpha value is -2.21. The van der Waals surface area contributed by atoms with Crippen molar-refractivity contribution in [3.8, 4) is 0 Å². The van der Waals surface area contributed by atoms with E-state index in [1.807, 2.05) is 6.92 Å². The normalized spacial score (nSPS) is 21.0. The predicted octanol–water partition coefficient (Wildman–Crippen LogP) is 2.12. The second kappa shape index (κ2) is 5.77. The van der Waals surface area contributed by atoms with Crippen molar-refractivity contribution in [2.75, 3.05) is 6.54 Å². The van der Waals surface area contributed by atoms with E-state index in [0.29, 0.717) is 17.7 Å². The maximum Gasteiger partial charge on any atom is 0.258 e. The molecule has 3 rings (SSSR count). The van der Waals surface area contributed by atoms with Gasteiger partial charge in [-0.15, -0.1) is 0 Å². The summed E-state index contributed by atoms with van der Waals surface area (Å²) in [6.07, 6.45) is -0.123. The first-order valence-corrected chi connectivity index (χ1v) is 7.63. The molecule has 1 fully saturated rings. The molecule has 0 saturated carbocycles. The van der Waals surface area contributed by atoms with Crippen molar-refractivity contribution in [2.24, 2.45) is 7.05 Å². The molecule has 5 nitrogen and oxygen atoms in total. The zero-order valence-corrected chi connectivity index (χ0v) is 13.5. The molecule has 2 aromatic rings. The number of β-amino-alcohol motifs (C(OH)–C–C–N with tert-alkyl or cyclic N) is 1. The topological polar surface area (TPSA) is 58.4 Å². The highest BCUT2D eigenvalue weighted by atomic mass is 19.1. The molecule has 0 radical (unpaired) electrons. The van der Waals surface area contributed by atoms with Crippen LogP contribution in [-0.2, 0) is 7.05 Å². The van der Waals surface area contributed by atoms with Crippen LogP contribution in [0.3, 0.4) is 0 Å². The lowest BCUT2D eigenvalue weighted by molar-refractivity contribution is 0.0714. The number of rotatable bonds is 2. The summed E-state index contributed by atoms with van der Waals surface area (Å²) in [6.45, 7) is 3.93. The molecular formula is C17H20FN3O2. The number of nitrogens with zero attached hydrogens (tertiary/aromatic N) is 3. The van der Waals surface area contributed by atoms with Gasteiger partial charge in [0.2, 0.25) is 0 Å². The van der Waals surface area contributed by atoms with Crippen LogP contribution in [0, 0.1) is 19.7 Å². The van der Waals surface area contributed by atoms with Gasteiger partial charge in [-0.3, -0.25) is 9.48 Å². The smallest absolute Gasteiger partial charge is 0.258 e. The summed E-state index contributed by atoms with van der Waals surface area (Å²) in [6, 6.07) is 5.84. The van der Waals surface area contributed by atoms with Crippen LogP contribution in [0.4, 0.5) is 4.39 Å². The van der Waals surface area contributed by atoms with Crippen LogP contribution < -0.4 is 0 Å². The van der Waals surface area contributed by atoms with Gasteiger partial charge in [-0.05, 0) is 38.0 Å². The number of halogens is 1. The second-order valence-electron chi connectivity index (χ2n) is 6.08. The average molecular weight is 317 g/mol. The highest BCUT2D eigenvalue weighted by Crippen LogP contribution is 2.34. The van der Waals surface area contributed by atoms with Crippen LogP contribution >= 0.6 is 0 Å². The molecule has 1 aromatic heterocycles. The van der Waals surface area contributed by atoms with Crippen LogP contribution in [0.15, 0.2) is 24.3 Å². The number of hydrogen-bond donors (Lipinski definition) is 1. The molecule has 0 spiro atoms. The van der Waals surface area contributed by atoms with Gasteiger partial charge in [-0.1, -0.05) is 12.1 Å². The van der Waals surface area contributed by atoms with Gasteiger partial charge in [0, 0.05) is 19.3 Å². The highest BCUT2D eigenvalue weighted by molar-refractivity contribution is 5.97. The molecular weight excluding hydrogens is 297 g/mol. The fourth-order valence-corrected chi connectivity index (χ4v) is 3.27. The molecule has 2 atom stereocenters. The Balaban J connectivity index is 1.96. The van der Waals surface area contributed by atoms with Crippen molar-refractivity contribution in [1.29, 1.82) is 0 Å². The third-order valence-electron chi connectivity index (χ3n) is 4.52. The SMILES string of the molecule is Cc1nn(C)c(C)c1C(=O)N1C[C@@H](O)C[C@H]1c1ccc(F)cc1. The number of aliphatic hydroxyl groups excluding tert-OH is 1.